The minimum atomic E-state index is -3.10. The van der Waals surface area contributed by atoms with Gasteiger partial charge in [0, 0.05) is 26.2 Å². The number of ether oxygens (including phenoxy) is 1. The van der Waals surface area contributed by atoms with E-state index in [2.05, 4.69) is 4.90 Å². The fourth-order valence-electron chi connectivity index (χ4n) is 2.66. The molecule has 0 aromatic heterocycles. The molecule has 0 N–H and O–H groups in total. The minimum absolute atomic E-state index is 0.263. The lowest BCUT2D eigenvalue weighted by Gasteiger charge is -2.36. The van der Waals surface area contributed by atoms with E-state index in [1.54, 1.807) is 4.31 Å². The van der Waals surface area contributed by atoms with Crippen LogP contribution in [0, 0.1) is 0 Å². The molecule has 0 bridgehead atoms. The molecule has 0 amide bonds. The van der Waals surface area contributed by atoms with Gasteiger partial charge in [0.05, 0.1) is 18.0 Å². The molecule has 1 fully saturated rings. The van der Waals surface area contributed by atoms with Gasteiger partial charge < -0.3 is 9.64 Å². The van der Waals surface area contributed by atoms with Crippen molar-refractivity contribution in [3.8, 4) is 5.75 Å². The second kappa shape index (κ2) is 7.83. The van der Waals surface area contributed by atoms with E-state index in [9.17, 15) is 8.42 Å². The Labute approximate surface area is 133 Å². The van der Waals surface area contributed by atoms with E-state index in [4.69, 9.17) is 4.74 Å². The molecule has 0 unspecified atom stereocenters. The van der Waals surface area contributed by atoms with E-state index in [1.165, 1.54) is 0 Å². The summed E-state index contributed by atoms with van der Waals surface area (Å²) < 4.78 is 31.8. The summed E-state index contributed by atoms with van der Waals surface area (Å²) in [7, 11) is -3.10. The van der Waals surface area contributed by atoms with E-state index >= 15 is 0 Å². The highest BCUT2D eigenvalue weighted by molar-refractivity contribution is 7.89. The molecule has 0 radical (unpaired) electrons. The lowest BCUT2D eigenvalue weighted by atomic mass is 10.2. The molecule has 1 heterocycles. The molecule has 1 aliphatic heterocycles. The number of hydrogen-bond acceptors (Lipinski definition) is 4. The van der Waals surface area contributed by atoms with Gasteiger partial charge in [0.15, 0.2) is 0 Å². The SMILES string of the molecule is CCCCS(=O)(=O)N1CCN(c2ccccc2OCC)CC1. The number of unbranched alkanes of at least 4 members (excludes halogenated alkanes) is 1. The summed E-state index contributed by atoms with van der Waals surface area (Å²) in [5, 5.41) is 0. The lowest BCUT2D eigenvalue weighted by Crippen LogP contribution is -2.49. The Morgan fingerprint density at radius 2 is 1.77 bits per heavy atom. The van der Waals surface area contributed by atoms with Gasteiger partial charge in [-0.25, -0.2) is 8.42 Å². The van der Waals surface area contributed by atoms with Gasteiger partial charge in [-0.15, -0.1) is 0 Å². The molecule has 2 rings (SSSR count). The summed E-state index contributed by atoms with van der Waals surface area (Å²) in [5.74, 6) is 1.13. The summed E-state index contributed by atoms with van der Waals surface area (Å²) in [4.78, 5) is 2.21. The fourth-order valence-corrected chi connectivity index (χ4v) is 4.29. The Balaban J connectivity index is 2.00. The van der Waals surface area contributed by atoms with Crippen molar-refractivity contribution in [1.82, 2.24) is 4.31 Å². The molecule has 1 aliphatic rings. The number of sulfonamides is 1. The quantitative estimate of drug-likeness (QED) is 0.772. The van der Waals surface area contributed by atoms with Crippen LogP contribution < -0.4 is 9.64 Å². The van der Waals surface area contributed by atoms with Gasteiger partial charge in [0.2, 0.25) is 10.0 Å². The fraction of sp³-hybridized carbons (Fsp3) is 0.625. The third-order valence-electron chi connectivity index (χ3n) is 3.89. The van der Waals surface area contributed by atoms with E-state index in [0.717, 1.165) is 24.3 Å². The Kier molecular flexibility index (Phi) is 6.08. The van der Waals surface area contributed by atoms with Crippen molar-refractivity contribution < 1.29 is 13.2 Å². The average molecular weight is 326 g/mol. The first-order valence-electron chi connectivity index (χ1n) is 8.03. The molecule has 5 nitrogen and oxygen atoms in total. The highest BCUT2D eigenvalue weighted by Gasteiger charge is 2.27. The average Bonchev–Trinajstić information content (AvgIpc) is 2.54. The highest BCUT2D eigenvalue weighted by atomic mass is 32.2. The van der Waals surface area contributed by atoms with Crippen LogP contribution in [0.4, 0.5) is 5.69 Å². The molecule has 1 saturated heterocycles. The molecular weight excluding hydrogens is 300 g/mol. The predicted molar refractivity (Wildman–Crippen MR) is 90.1 cm³/mol. The first kappa shape index (κ1) is 17.1. The summed E-state index contributed by atoms with van der Waals surface area (Å²) in [6, 6.07) is 7.94. The molecule has 0 saturated carbocycles. The maximum atomic E-state index is 12.2. The topological polar surface area (TPSA) is 49.9 Å². The van der Waals surface area contributed by atoms with Crippen LogP contribution in [0.25, 0.3) is 0 Å². The lowest BCUT2D eigenvalue weighted by molar-refractivity contribution is 0.337. The van der Waals surface area contributed by atoms with E-state index < -0.39 is 10.0 Å². The van der Waals surface area contributed by atoms with Gasteiger partial charge >= 0.3 is 0 Å². The highest BCUT2D eigenvalue weighted by Crippen LogP contribution is 2.29. The largest absolute Gasteiger partial charge is 0.492 e. The Morgan fingerprint density at radius 1 is 1.09 bits per heavy atom. The van der Waals surface area contributed by atoms with Crippen molar-refractivity contribution in [3.63, 3.8) is 0 Å². The van der Waals surface area contributed by atoms with Gasteiger partial charge in [0.1, 0.15) is 5.75 Å². The predicted octanol–water partition coefficient (Wildman–Crippen LogP) is 2.34. The molecule has 6 heteroatoms. The van der Waals surface area contributed by atoms with Crippen molar-refractivity contribution in [2.75, 3.05) is 43.4 Å². The van der Waals surface area contributed by atoms with Crippen molar-refractivity contribution in [3.05, 3.63) is 24.3 Å². The molecule has 0 aliphatic carbocycles. The number of nitrogens with zero attached hydrogens (tertiary/aromatic N) is 2. The van der Waals surface area contributed by atoms with Crippen molar-refractivity contribution >= 4 is 15.7 Å². The standard InChI is InChI=1S/C16H26N2O3S/c1-3-5-14-22(19,20)18-12-10-17(11-13-18)15-8-6-7-9-16(15)21-4-2/h6-9H,3-5,10-14H2,1-2H3. The first-order valence-corrected chi connectivity index (χ1v) is 9.64. The van der Waals surface area contributed by atoms with Gasteiger partial charge in [0.25, 0.3) is 0 Å². The van der Waals surface area contributed by atoms with Gasteiger partial charge in [-0.3, -0.25) is 0 Å². The summed E-state index contributed by atoms with van der Waals surface area (Å²) in [6.45, 7) is 7.11. The Bertz CT molecular complexity index is 567. The van der Waals surface area contributed by atoms with Crippen LogP contribution in [0.2, 0.25) is 0 Å². The molecule has 0 atom stereocenters. The summed E-state index contributed by atoms with van der Waals surface area (Å²) in [6.07, 6.45) is 1.64. The van der Waals surface area contributed by atoms with Crippen LogP contribution in [0.1, 0.15) is 26.7 Å². The zero-order valence-corrected chi connectivity index (χ0v) is 14.3. The van der Waals surface area contributed by atoms with Crippen LogP contribution in [-0.4, -0.2) is 51.3 Å². The van der Waals surface area contributed by atoms with Crippen LogP contribution >= 0.6 is 0 Å². The molecule has 1 aromatic rings. The van der Waals surface area contributed by atoms with Crippen LogP contribution in [0.15, 0.2) is 24.3 Å². The van der Waals surface area contributed by atoms with Gasteiger partial charge in [-0.05, 0) is 25.5 Å². The molecule has 22 heavy (non-hydrogen) atoms. The minimum Gasteiger partial charge on any atom is -0.492 e. The monoisotopic (exact) mass is 326 g/mol. The summed E-state index contributed by atoms with van der Waals surface area (Å²) in [5.41, 5.74) is 1.05. The number of piperazine rings is 1. The maximum absolute atomic E-state index is 12.2. The van der Waals surface area contributed by atoms with E-state index in [0.29, 0.717) is 32.8 Å². The Morgan fingerprint density at radius 3 is 2.41 bits per heavy atom. The smallest absolute Gasteiger partial charge is 0.214 e. The number of hydrogen-bond donors (Lipinski definition) is 0. The van der Waals surface area contributed by atoms with Crippen LogP contribution in [0.3, 0.4) is 0 Å². The van der Waals surface area contributed by atoms with Gasteiger partial charge in [-0.2, -0.15) is 4.31 Å². The molecular formula is C16H26N2O3S. The normalized spacial score (nSPS) is 16.7. The Hall–Kier alpha value is -1.27. The van der Waals surface area contributed by atoms with Crippen LogP contribution in [-0.2, 0) is 10.0 Å². The van der Waals surface area contributed by atoms with E-state index in [-0.39, 0.29) is 5.75 Å². The number of para-hydroxylation sites is 2. The molecule has 124 valence electrons. The second-order valence-electron chi connectivity index (χ2n) is 5.46. The maximum Gasteiger partial charge on any atom is 0.214 e. The van der Waals surface area contributed by atoms with Crippen molar-refractivity contribution in [2.45, 2.75) is 26.7 Å². The number of anilines is 1. The van der Waals surface area contributed by atoms with Crippen molar-refractivity contribution in [1.29, 1.82) is 0 Å². The second-order valence-corrected chi connectivity index (χ2v) is 7.54. The summed E-state index contributed by atoms with van der Waals surface area (Å²) >= 11 is 0. The molecule has 1 aromatic carbocycles. The third-order valence-corrected chi connectivity index (χ3v) is 5.85. The zero-order valence-electron chi connectivity index (χ0n) is 13.5. The van der Waals surface area contributed by atoms with E-state index in [1.807, 2.05) is 38.1 Å². The third kappa shape index (κ3) is 4.14. The number of benzene rings is 1. The first-order chi connectivity index (χ1) is 10.6. The van der Waals surface area contributed by atoms with Gasteiger partial charge in [-0.1, -0.05) is 25.5 Å². The number of rotatable bonds is 7. The zero-order chi connectivity index (χ0) is 16.0. The van der Waals surface area contributed by atoms with Crippen molar-refractivity contribution in [2.24, 2.45) is 0 Å². The van der Waals surface area contributed by atoms with Crippen LogP contribution in [0.5, 0.6) is 5.75 Å². The molecule has 0 spiro atoms.